The van der Waals surface area contributed by atoms with Crippen LogP contribution in [-0.2, 0) is 23.8 Å². The molecule has 15 heteroatoms. The Morgan fingerprint density at radius 2 is 2.00 bits per heavy atom. The second kappa shape index (κ2) is 11.4. The van der Waals surface area contributed by atoms with Gasteiger partial charge in [-0.2, -0.15) is 10.2 Å². The molecule has 2 amide bonds. The number of esters is 1. The number of aromatic nitrogens is 3. The van der Waals surface area contributed by atoms with Crippen molar-refractivity contribution >= 4 is 45.9 Å². The van der Waals surface area contributed by atoms with Gasteiger partial charge in [-0.05, 0) is 20.8 Å². The van der Waals surface area contributed by atoms with E-state index in [0.717, 1.165) is 0 Å². The van der Waals surface area contributed by atoms with Crippen LogP contribution in [0.4, 0.5) is 0 Å². The fourth-order valence-corrected chi connectivity index (χ4v) is 4.92. The van der Waals surface area contributed by atoms with E-state index in [0.29, 0.717) is 42.6 Å². The summed E-state index contributed by atoms with van der Waals surface area (Å²) in [5.74, 6) is -1.54. The molecule has 4 rings (SSSR count). The van der Waals surface area contributed by atoms with Crippen LogP contribution < -0.4 is 11.1 Å². The Kier molecular flexibility index (Phi) is 8.28. The van der Waals surface area contributed by atoms with Gasteiger partial charge in [0.1, 0.15) is 28.6 Å². The van der Waals surface area contributed by atoms with Crippen LogP contribution in [-0.4, -0.2) is 105 Å². The molecule has 0 spiro atoms. The molecule has 2 aliphatic rings. The number of amides is 2. The predicted octanol–water partition coefficient (Wildman–Crippen LogP) is -0.191. The SMILES string of the molecule is COCCOCCNC(=O)c1cc2ncc(C3=NC4C(C(N)=O)=NN(CC(=O)OC(C)(C)C)C4S3)cn2n1. The van der Waals surface area contributed by atoms with Gasteiger partial charge in [-0.15, -0.1) is 0 Å². The predicted molar refractivity (Wildman–Crippen MR) is 139 cm³/mol. The minimum absolute atomic E-state index is 0.0688. The molecule has 38 heavy (non-hydrogen) atoms. The lowest BCUT2D eigenvalue weighted by atomic mass is 10.2. The maximum absolute atomic E-state index is 12.5. The minimum Gasteiger partial charge on any atom is -0.459 e. The molecular formula is C23H30N8O6S. The monoisotopic (exact) mass is 546 g/mol. The minimum atomic E-state index is -0.710. The molecule has 2 atom stereocenters. The number of carbonyl (C=O) groups is 3. The number of nitrogens with two attached hydrogens (primary N) is 1. The Morgan fingerprint density at radius 1 is 1.21 bits per heavy atom. The zero-order valence-corrected chi connectivity index (χ0v) is 22.4. The molecule has 0 aliphatic carbocycles. The average Bonchev–Trinajstić information content (AvgIpc) is 3.53. The van der Waals surface area contributed by atoms with E-state index in [1.165, 1.54) is 21.3 Å². The number of ether oxygens (including phenoxy) is 3. The fraction of sp³-hybridized carbons (Fsp3) is 0.522. The largest absolute Gasteiger partial charge is 0.459 e. The van der Waals surface area contributed by atoms with Gasteiger partial charge in [0.25, 0.3) is 11.8 Å². The normalized spacial score (nSPS) is 18.8. The van der Waals surface area contributed by atoms with Gasteiger partial charge in [-0.3, -0.25) is 24.4 Å². The first-order valence-corrected chi connectivity index (χ1v) is 12.8. The zero-order chi connectivity index (χ0) is 27.4. The Hall–Kier alpha value is -3.56. The number of hydrogen-bond acceptors (Lipinski definition) is 12. The van der Waals surface area contributed by atoms with Crippen LogP contribution in [0.2, 0.25) is 0 Å². The van der Waals surface area contributed by atoms with Crippen LogP contribution in [0, 0.1) is 0 Å². The number of fused-ring (bicyclic) bond motifs is 2. The van der Waals surface area contributed by atoms with Gasteiger partial charge < -0.3 is 25.3 Å². The Balaban J connectivity index is 1.44. The first-order chi connectivity index (χ1) is 18.1. The van der Waals surface area contributed by atoms with E-state index in [1.807, 2.05) is 0 Å². The van der Waals surface area contributed by atoms with Gasteiger partial charge in [0.2, 0.25) is 0 Å². The molecule has 0 fully saturated rings. The molecule has 0 saturated carbocycles. The molecule has 4 heterocycles. The number of hydrazone groups is 1. The second-order valence-electron chi connectivity index (χ2n) is 9.46. The summed E-state index contributed by atoms with van der Waals surface area (Å²) in [5.41, 5.74) is 6.25. The average molecular weight is 547 g/mol. The summed E-state index contributed by atoms with van der Waals surface area (Å²) in [7, 11) is 1.59. The third-order valence-electron chi connectivity index (χ3n) is 5.29. The highest BCUT2D eigenvalue weighted by Crippen LogP contribution is 2.37. The Bertz CT molecular complexity index is 1290. The van der Waals surface area contributed by atoms with E-state index in [2.05, 4.69) is 25.5 Å². The number of primary amides is 1. The number of methoxy groups -OCH3 is 1. The zero-order valence-electron chi connectivity index (χ0n) is 21.5. The van der Waals surface area contributed by atoms with Crippen molar-refractivity contribution in [3.05, 3.63) is 29.7 Å². The van der Waals surface area contributed by atoms with E-state index in [1.54, 1.807) is 46.3 Å². The molecule has 204 valence electrons. The quantitative estimate of drug-likeness (QED) is 0.284. The van der Waals surface area contributed by atoms with Crippen molar-refractivity contribution in [3.8, 4) is 0 Å². The second-order valence-corrected chi connectivity index (χ2v) is 10.6. The maximum atomic E-state index is 12.5. The molecule has 0 aromatic carbocycles. The number of nitrogens with zero attached hydrogens (tertiary/aromatic N) is 6. The summed E-state index contributed by atoms with van der Waals surface area (Å²) in [5, 5.41) is 12.9. The molecule has 2 aromatic heterocycles. The first kappa shape index (κ1) is 27.5. The summed E-state index contributed by atoms with van der Waals surface area (Å²) in [6.45, 7) is 6.77. The van der Waals surface area contributed by atoms with Crippen molar-refractivity contribution in [2.45, 2.75) is 37.8 Å². The smallest absolute Gasteiger partial charge is 0.327 e. The van der Waals surface area contributed by atoms with Gasteiger partial charge in [0.05, 0.1) is 19.8 Å². The molecule has 0 saturated heterocycles. The summed E-state index contributed by atoms with van der Waals surface area (Å²) in [4.78, 5) is 45.9. The van der Waals surface area contributed by atoms with Crippen LogP contribution in [0.25, 0.3) is 5.65 Å². The summed E-state index contributed by atoms with van der Waals surface area (Å²) >= 11 is 1.33. The molecule has 0 radical (unpaired) electrons. The molecule has 2 aliphatic heterocycles. The lowest BCUT2D eigenvalue weighted by Gasteiger charge is -2.24. The molecule has 2 aromatic rings. The van der Waals surface area contributed by atoms with Crippen LogP contribution in [0.1, 0.15) is 36.8 Å². The maximum Gasteiger partial charge on any atom is 0.327 e. The molecule has 2 unspecified atom stereocenters. The lowest BCUT2D eigenvalue weighted by molar-refractivity contribution is -0.156. The van der Waals surface area contributed by atoms with E-state index in [9.17, 15) is 14.4 Å². The van der Waals surface area contributed by atoms with E-state index in [4.69, 9.17) is 19.9 Å². The molecule has 0 bridgehead atoms. The van der Waals surface area contributed by atoms with Crippen LogP contribution in [0.5, 0.6) is 0 Å². The molecule has 14 nitrogen and oxygen atoms in total. The number of carbonyl (C=O) groups excluding carboxylic acids is 3. The van der Waals surface area contributed by atoms with Gasteiger partial charge in [0.15, 0.2) is 17.1 Å². The molecule has 3 N–H and O–H groups in total. The number of nitrogens with one attached hydrogen (secondary N) is 1. The van der Waals surface area contributed by atoms with Crippen LogP contribution in [0.3, 0.4) is 0 Å². The Morgan fingerprint density at radius 3 is 2.71 bits per heavy atom. The lowest BCUT2D eigenvalue weighted by Crippen LogP contribution is -2.38. The van der Waals surface area contributed by atoms with Gasteiger partial charge in [-0.1, -0.05) is 11.8 Å². The van der Waals surface area contributed by atoms with Gasteiger partial charge in [0, 0.05) is 37.7 Å². The highest BCUT2D eigenvalue weighted by molar-refractivity contribution is 8.15. The van der Waals surface area contributed by atoms with E-state index >= 15 is 0 Å². The van der Waals surface area contributed by atoms with Crippen LogP contribution in [0.15, 0.2) is 28.6 Å². The van der Waals surface area contributed by atoms with Crippen molar-refractivity contribution in [1.82, 2.24) is 24.9 Å². The van der Waals surface area contributed by atoms with Crippen molar-refractivity contribution in [2.75, 3.05) is 40.0 Å². The fourth-order valence-electron chi connectivity index (χ4n) is 3.71. The summed E-state index contributed by atoms with van der Waals surface area (Å²) in [6.07, 6.45) is 3.30. The summed E-state index contributed by atoms with van der Waals surface area (Å²) < 4.78 is 17.1. The summed E-state index contributed by atoms with van der Waals surface area (Å²) in [6, 6.07) is 0.930. The number of thioether (sulfide) groups is 1. The van der Waals surface area contributed by atoms with Gasteiger partial charge >= 0.3 is 5.97 Å². The van der Waals surface area contributed by atoms with Crippen molar-refractivity contribution in [2.24, 2.45) is 15.8 Å². The standard InChI is InChI=1S/C23H30N8O6S/c1-23(2,3)37-16(32)12-31-22-18(17(29-31)19(24)33)27-21(38-22)13-10-26-15-9-14(28-30(15)11-13)20(34)25-5-6-36-8-7-35-4/h9-11,18,22H,5-8,12H2,1-4H3,(H2,24,33)(H,25,34). The third-order valence-corrected chi connectivity index (χ3v) is 6.60. The first-order valence-electron chi connectivity index (χ1n) is 11.9. The third kappa shape index (κ3) is 6.46. The van der Waals surface area contributed by atoms with Gasteiger partial charge in [-0.25, -0.2) is 9.50 Å². The van der Waals surface area contributed by atoms with Crippen LogP contribution >= 0.6 is 11.8 Å². The van der Waals surface area contributed by atoms with E-state index in [-0.39, 0.29) is 23.9 Å². The molecular weight excluding hydrogens is 516 g/mol. The van der Waals surface area contributed by atoms with Crippen molar-refractivity contribution < 1.29 is 28.6 Å². The number of rotatable bonds is 11. The highest BCUT2D eigenvalue weighted by atomic mass is 32.2. The Labute approximate surface area is 223 Å². The van der Waals surface area contributed by atoms with E-state index < -0.39 is 28.9 Å². The van der Waals surface area contributed by atoms with Crippen molar-refractivity contribution in [3.63, 3.8) is 0 Å². The number of aliphatic imine (C=N–C) groups is 1. The highest BCUT2D eigenvalue weighted by Gasteiger charge is 2.46. The topological polar surface area (TPSA) is 175 Å². The van der Waals surface area contributed by atoms with Crippen molar-refractivity contribution in [1.29, 1.82) is 0 Å². The number of hydrogen-bond donors (Lipinski definition) is 2.